The maximum Gasteiger partial charge on any atom is 0.227 e. The molecule has 0 atom stereocenters. The number of amides is 1. The molecule has 0 saturated heterocycles. The molecule has 0 fully saturated rings. The summed E-state index contributed by atoms with van der Waals surface area (Å²) in [5, 5.41) is 9.18. The van der Waals surface area contributed by atoms with Crippen LogP contribution in [0.25, 0.3) is 0 Å². The summed E-state index contributed by atoms with van der Waals surface area (Å²) < 4.78 is 5.05. The first-order valence-corrected chi connectivity index (χ1v) is 8.90. The minimum absolute atomic E-state index is 0.0797. The fourth-order valence-corrected chi connectivity index (χ4v) is 2.29. The molecule has 1 rings (SSSR count). The van der Waals surface area contributed by atoms with Crippen molar-refractivity contribution in [3.05, 3.63) is 23.9 Å². The number of methoxy groups -OCH3 is 1. The van der Waals surface area contributed by atoms with Crippen molar-refractivity contribution in [2.75, 3.05) is 59.3 Å². The molecule has 0 aliphatic heterocycles. The van der Waals surface area contributed by atoms with Crippen LogP contribution in [-0.2, 0) is 9.53 Å². The van der Waals surface area contributed by atoms with E-state index in [9.17, 15) is 4.79 Å². The molecule has 0 aliphatic rings. The van der Waals surface area contributed by atoms with Gasteiger partial charge in [-0.3, -0.25) is 9.79 Å². The number of aliphatic imine (C=N–C) groups is 1. The Balaban J connectivity index is 2.18. The van der Waals surface area contributed by atoms with Crippen molar-refractivity contribution in [3.63, 3.8) is 0 Å². The van der Waals surface area contributed by atoms with Crippen LogP contribution in [0.3, 0.4) is 0 Å². The standard InChI is InChI=1S/C18H32N6O2/c1-15-7-5-8-16(22-15)23-17(25)9-10-20-18(19-2)21-11-13-24(3)12-6-14-26-4/h5,7-8H,6,9-14H2,1-4H3,(H2,19,20,21)(H,22,23,25). The van der Waals surface area contributed by atoms with Crippen molar-refractivity contribution >= 4 is 17.7 Å². The number of carbonyl (C=O) groups is 1. The van der Waals surface area contributed by atoms with Gasteiger partial charge in [0, 0.05) is 59.1 Å². The van der Waals surface area contributed by atoms with Gasteiger partial charge in [-0.1, -0.05) is 6.07 Å². The summed E-state index contributed by atoms with van der Waals surface area (Å²) in [6.07, 6.45) is 1.36. The van der Waals surface area contributed by atoms with Crippen molar-refractivity contribution in [2.24, 2.45) is 4.99 Å². The lowest BCUT2D eigenvalue weighted by molar-refractivity contribution is -0.116. The van der Waals surface area contributed by atoms with E-state index in [0.29, 0.717) is 24.7 Å². The van der Waals surface area contributed by atoms with Gasteiger partial charge in [0.15, 0.2) is 5.96 Å². The summed E-state index contributed by atoms with van der Waals surface area (Å²) in [5.41, 5.74) is 0.873. The fourth-order valence-electron chi connectivity index (χ4n) is 2.29. The lowest BCUT2D eigenvalue weighted by Gasteiger charge is -2.18. The van der Waals surface area contributed by atoms with E-state index >= 15 is 0 Å². The van der Waals surface area contributed by atoms with Gasteiger partial charge >= 0.3 is 0 Å². The number of nitrogens with zero attached hydrogens (tertiary/aromatic N) is 3. The predicted molar refractivity (Wildman–Crippen MR) is 106 cm³/mol. The molecule has 0 unspecified atom stereocenters. The number of ether oxygens (including phenoxy) is 1. The molecule has 146 valence electrons. The van der Waals surface area contributed by atoms with Gasteiger partial charge in [0.2, 0.25) is 5.91 Å². The number of hydrogen-bond acceptors (Lipinski definition) is 5. The van der Waals surface area contributed by atoms with E-state index in [1.165, 1.54) is 0 Å². The van der Waals surface area contributed by atoms with Gasteiger partial charge in [0.25, 0.3) is 0 Å². The lowest BCUT2D eigenvalue weighted by Crippen LogP contribution is -2.42. The summed E-state index contributed by atoms with van der Waals surface area (Å²) in [4.78, 5) is 22.6. The molecule has 1 aromatic heterocycles. The summed E-state index contributed by atoms with van der Waals surface area (Å²) >= 11 is 0. The molecule has 8 nitrogen and oxygen atoms in total. The van der Waals surface area contributed by atoms with Crippen LogP contribution in [-0.4, -0.2) is 75.7 Å². The van der Waals surface area contributed by atoms with E-state index in [0.717, 1.165) is 38.4 Å². The number of likely N-dealkylation sites (N-methyl/N-ethyl adjacent to an activating group) is 1. The van der Waals surface area contributed by atoms with E-state index in [1.54, 1.807) is 20.2 Å². The van der Waals surface area contributed by atoms with Crippen LogP contribution in [0.2, 0.25) is 0 Å². The second kappa shape index (κ2) is 13.1. The molecule has 3 N–H and O–H groups in total. The van der Waals surface area contributed by atoms with Crippen LogP contribution in [0, 0.1) is 6.92 Å². The maximum absolute atomic E-state index is 12.0. The van der Waals surface area contributed by atoms with E-state index in [1.807, 2.05) is 19.1 Å². The Morgan fingerprint density at radius 1 is 1.27 bits per heavy atom. The van der Waals surface area contributed by atoms with Crippen molar-refractivity contribution in [1.29, 1.82) is 0 Å². The number of aryl methyl sites for hydroxylation is 1. The van der Waals surface area contributed by atoms with Crippen LogP contribution in [0.5, 0.6) is 0 Å². The van der Waals surface area contributed by atoms with Gasteiger partial charge in [-0.15, -0.1) is 0 Å². The van der Waals surface area contributed by atoms with E-state index in [4.69, 9.17) is 4.74 Å². The monoisotopic (exact) mass is 364 g/mol. The topological polar surface area (TPSA) is 90.9 Å². The number of rotatable bonds is 11. The summed E-state index contributed by atoms with van der Waals surface area (Å²) in [6, 6.07) is 5.54. The highest BCUT2D eigenvalue weighted by molar-refractivity contribution is 5.90. The Kier molecular flexibility index (Phi) is 11.0. The first-order chi connectivity index (χ1) is 12.5. The molecule has 1 amide bonds. The van der Waals surface area contributed by atoms with E-state index in [-0.39, 0.29) is 5.91 Å². The fraction of sp³-hybridized carbons (Fsp3) is 0.611. The third-order valence-electron chi connectivity index (χ3n) is 3.70. The van der Waals surface area contributed by atoms with Crippen molar-refractivity contribution in [3.8, 4) is 0 Å². The lowest BCUT2D eigenvalue weighted by atomic mass is 10.3. The normalized spacial score (nSPS) is 11.5. The molecule has 0 bridgehead atoms. The second-order valence-electron chi connectivity index (χ2n) is 6.04. The molecule has 0 aromatic carbocycles. The maximum atomic E-state index is 12.0. The molecule has 0 saturated carbocycles. The summed E-state index contributed by atoms with van der Waals surface area (Å²) in [6.45, 7) is 5.85. The molecular weight excluding hydrogens is 332 g/mol. The number of pyridine rings is 1. The molecule has 0 aliphatic carbocycles. The first kappa shape index (κ1) is 21.9. The molecule has 8 heteroatoms. The molecule has 1 heterocycles. The summed E-state index contributed by atoms with van der Waals surface area (Å²) in [7, 11) is 5.51. The van der Waals surface area contributed by atoms with E-state index in [2.05, 4.69) is 37.9 Å². The number of anilines is 1. The zero-order valence-electron chi connectivity index (χ0n) is 16.3. The highest BCUT2D eigenvalue weighted by Crippen LogP contribution is 2.03. The largest absolute Gasteiger partial charge is 0.385 e. The van der Waals surface area contributed by atoms with Crippen LogP contribution in [0.1, 0.15) is 18.5 Å². The first-order valence-electron chi connectivity index (χ1n) is 8.90. The quantitative estimate of drug-likeness (QED) is 0.306. The van der Waals surface area contributed by atoms with Crippen LogP contribution >= 0.6 is 0 Å². The molecule has 1 aromatic rings. The van der Waals surface area contributed by atoms with Crippen LogP contribution < -0.4 is 16.0 Å². The SMILES string of the molecule is CN=C(NCCC(=O)Nc1cccc(C)n1)NCCN(C)CCCOC. The summed E-state index contributed by atoms with van der Waals surface area (Å²) in [5.74, 6) is 1.19. The molecule has 26 heavy (non-hydrogen) atoms. The smallest absolute Gasteiger partial charge is 0.227 e. The highest BCUT2D eigenvalue weighted by Gasteiger charge is 2.05. The average molecular weight is 364 g/mol. The number of nitrogens with one attached hydrogen (secondary N) is 3. The second-order valence-corrected chi connectivity index (χ2v) is 6.04. The molecule has 0 radical (unpaired) electrons. The van der Waals surface area contributed by atoms with E-state index < -0.39 is 0 Å². The Bertz CT molecular complexity index is 564. The minimum atomic E-state index is -0.0797. The minimum Gasteiger partial charge on any atom is -0.385 e. The Hall–Kier alpha value is -2.19. The number of carbonyl (C=O) groups excluding carboxylic acids is 1. The van der Waals surface area contributed by atoms with Gasteiger partial charge in [0.1, 0.15) is 5.82 Å². The van der Waals surface area contributed by atoms with Gasteiger partial charge in [-0.2, -0.15) is 0 Å². The Morgan fingerprint density at radius 2 is 2.04 bits per heavy atom. The number of hydrogen-bond donors (Lipinski definition) is 3. The third kappa shape index (κ3) is 9.95. The Labute approximate surface area is 156 Å². The molecule has 0 spiro atoms. The third-order valence-corrected chi connectivity index (χ3v) is 3.70. The van der Waals surface area contributed by atoms with Crippen LogP contribution in [0.4, 0.5) is 5.82 Å². The van der Waals surface area contributed by atoms with Gasteiger partial charge in [0.05, 0.1) is 0 Å². The van der Waals surface area contributed by atoms with Crippen molar-refractivity contribution in [1.82, 2.24) is 20.5 Å². The number of aromatic nitrogens is 1. The van der Waals surface area contributed by atoms with Crippen molar-refractivity contribution in [2.45, 2.75) is 19.8 Å². The van der Waals surface area contributed by atoms with Gasteiger partial charge in [-0.05, 0) is 32.5 Å². The molecular formula is C18H32N6O2. The van der Waals surface area contributed by atoms with Gasteiger partial charge in [-0.25, -0.2) is 4.98 Å². The van der Waals surface area contributed by atoms with Crippen LogP contribution in [0.15, 0.2) is 23.2 Å². The van der Waals surface area contributed by atoms with Crippen molar-refractivity contribution < 1.29 is 9.53 Å². The average Bonchev–Trinajstić information content (AvgIpc) is 2.60. The zero-order chi connectivity index (χ0) is 19.2. The zero-order valence-corrected chi connectivity index (χ0v) is 16.3. The van der Waals surface area contributed by atoms with Gasteiger partial charge < -0.3 is 25.6 Å². The highest BCUT2D eigenvalue weighted by atomic mass is 16.5. The predicted octanol–water partition coefficient (Wildman–Crippen LogP) is 0.852. The Morgan fingerprint density at radius 3 is 2.73 bits per heavy atom. The number of guanidine groups is 1.